The maximum Gasteiger partial charge on any atom is 0.352 e. The lowest BCUT2D eigenvalue weighted by Crippen LogP contribution is -2.18. The highest BCUT2D eigenvalue weighted by Crippen LogP contribution is 2.23. The Morgan fingerprint density at radius 1 is 1.57 bits per heavy atom. The second-order valence-electron chi connectivity index (χ2n) is 3.83. The Hall–Kier alpha value is -1.25. The van der Waals surface area contributed by atoms with Crippen molar-refractivity contribution < 1.29 is 9.90 Å². The smallest absolute Gasteiger partial charge is 0.352 e. The van der Waals surface area contributed by atoms with E-state index in [9.17, 15) is 4.79 Å². The van der Waals surface area contributed by atoms with E-state index in [-0.39, 0.29) is 6.04 Å². The van der Waals surface area contributed by atoms with Crippen LogP contribution in [0.4, 0.5) is 0 Å². The van der Waals surface area contributed by atoms with Gasteiger partial charge in [0, 0.05) is 12.2 Å². The van der Waals surface area contributed by atoms with Gasteiger partial charge in [-0.25, -0.2) is 4.79 Å². The maximum absolute atomic E-state index is 10.9. The van der Waals surface area contributed by atoms with Gasteiger partial charge < -0.3 is 9.67 Å². The molecular formula is C11H17NO2. The zero-order valence-corrected chi connectivity index (χ0v) is 8.90. The normalized spacial score (nSPS) is 13.1. The van der Waals surface area contributed by atoms with Crippen molar-refractivity contribution in [2.45, 2.75) is 33.2 Å². The minimum Gasteiger partial charge on any atom is -0.477 e. The van der Waals surface area contributed by atoms with Crippen molar-refractivity contribution in [3.05, 3.63) is 24.0 Å². The Kier molecular flexibility index (Phi) is 3.33. The first-order chi connectivity index (χ1) is 6.57. The molecule has 0 aliphatic carbocycles. The molecule has 0 radical (unpaired) electrons. The molecule has 0 saturated heterocycles. The fourth-order valence-corrected chi connectivity index (χ4v) is 1.85. The van der Waals surface area contributed by atoms with Crippen LogP contribution < -0.4 is 0 Å². The van der Waals surface area contributed by atoms with E-state index in [0.29, 0.717) is 11.6 Å². The molecule has 1 atom stereocenters. The van der Waals surface area contributed by atoms with Gasteiger partial charge in [-0.15, -0.1) is 0 Å². The number of rotatable bonds is 4. The van der Waals surface area contributed by atoms with Crippen LogP contribution in [0.15, 0.2) is 18.3 Å². The fraction of sp³-hybridized carbons (Fsp3) is 0.545. The SMILES string of the molecule is CCC(C(C)C)n1cccc1C(=O)O. The molecule has 1 heterocycles. The number of carboxylic acid groups (broad SMARTS) is 1. The summed E-state index contributed by atoms with van der Waals surface area (Å²) in [6.07, 6.45) is 2.80. The van der Waals surface area contributed by atoms with Crippen LogP contribution in [-0.4, -0.2) is 15.6 Å². The number of hydrogen-bond donors (Lipinski definition) is 1. The average Bonchev–Trinajstić information content (AvgIpc) is 2.53. The molecule has 0 saturated carbocycles. The fourth-order valence-electron chi connectivity index (χ4n) is 1.85. The van der Waals surface area contributed by atoms with E-state index >= 15 is 0 Å². The quantitative estimate of drug-likeness (QED) is 0.802. The molecule has 0 spiro atoms. The number of aromatic carboxylic acids is 1. The molecule has 0 amide bonds. The lowest BCUT2D eigenvalue weighted by molar-refractivity contribution is 0.0680. The largest absolute Gasteiger partial charge is 0.477 e. The van der Waals surface area contributed by atoms with E-state index in [2.05, 4.69) is 20.8 Å². The first-order valence-electron chi connectivity index (χ1n) is 4.98. The number of nitrogens with zero attached hydrogens (tertiary/aromatic N) is 1. The van der Waals surface area contributed by atoms with Crippen molar-refractivity contribution in [3.63, 3.8) is 0 Å². The molecule has 14 heavy (non-hydrogen) atoms. The topological polar surface area (TPSA) is 42.2 Å². The summed E-state index contributed by atoms with van der Waals surface area (Å²) in [5, 5.41) is 8.96. The van der Waals surface area contributed by atoms with Gasteiger partial charge >= 0.3 is 5.97 Å². The molecular weight excluding hydrogens is 178 g/mol. The summed E-state index contributed by atoms with van der Waals surface area (Å²) in [6.45, 7) is 6.30. The summed E-state index contributed by atoms with van der Waals surface area (Å²) in [4.78, 5) is 10.9. The van der Waals surface area contributed by atoms with Crippen LogP contribution in [0.2, 0.25) is 0 Å². The van der Waals surface area contributed by atoms with Gasteiger partial charge in [-0.2, -0.15) is 0 Å². The lowest BCUT2D eigenvalue weighted by atomic mass is 10.0. The Morgan fingerprint density at radius 2 is 2.21 bits per heavy atom. The van der Waals surface area contributed by atoms with E-state index in [1.165, 1.54) is 0 Å². The van der Waals surface area contributed by atoms with Crippen molar-refractivity contribution in [1.82, 2.24) is 4.57 Å². The monoisotopic (exact) mass is 195 g/mol. The van der Waals surface area contributed by atoms with E-state index < -0.39 is 5.97 Å². The van der Waals surface area contributed by atoms with Crippen molar-refractivity contribution in [2.75, 3.05) is 0 Å². The van der Waals surface area contributed by atoms with Gasteiger partial charge in [-0.05, 0) is 24.5 Å². The molecule has 0 aliphatic rings. The zero-order valence-electron chi connectivity index (χ0n) is 8.90. The minimum atomic E-state index is -0.853. The third kappa shape index (κ3) is 1.97. The van der Waals surface area contributed by atoms with Crippen LogP contribution in [0.25, 0.3) is 0 Å². The molecule has 0 aliphatic heterocycles. The third-order valence-electron chi connectivity index (χ3n) is 2.54. The number of hydrogen-bond acceptors (Lipinski definition) is 1. The Morgan fingerprint density at radius 3 is 2.64 bits per heavy atom. The first-order valence-corrected chi connectivity index (χ1v) is 4.98. The Bertz CT molecular complexity index is 315. The van der Waals surface area contributed by atoms with Crippen LogP contribution in [-0.2, 0) is 0 Å². The van der Waals surface area contributed by atoms with Crippen molar-refractivity contribution in [2.24, 2.45) is 5.92 Å². The van der Waals surface area contributed by atoms with Crippen LogP contribution in [0, 0.1) is 5.92 Å². The van der Waals surface area contributed by atoms with E-state index in [4.69, 9.17) is 5.11 Å². The first kappa shape index (κ1) is 10.8. The molecule has 3 heteroatoms. The summed E-state index contributed by atoms with van der Waals surface area (Å²) >= 11 is 0. The number of carbonyl (C=O) groups is 1. The highest BCUT2D eigenvalue weighted by atomic mass is 16.4. The average molecular weight is 195 g/mol. The molecule has 0 fully saturated rings. The molecule has 1 unspecified atom stereocenters. The van der Waals surface area contributed by atoms with Gasteiger partial charge in [0.25, 0.3) is 0 Å². The van der Waals surface area contributed by atoms with Crippen molar-refractivity contribution in [3.8, 4) is 0 Å². The van der Waals surface area contributed by atoms with E-state index in [1.54, 1.807) is 12.1 Å². The second-order valence-corrected chi connectivity index (χ2v) is 3.83. The zero-order chi connectivity index (χ0) is 10.7. The summed E-state index contributed by atoms with van der Waals surface area (Å²) in [5.74, 6) is -0.403. The predicted molar refractivity (Wildman–Crippen MR) is 55.6 cm³/mol. The third-order valence-corrected chi connectivity index (χ3v) is 2.54. The number of aromatic nitrogens is 1. The molecule has 0 bridgehead atoms. The van der Waals surface area contributed by atoms with E-state index in [0.717, 1.165) is 6.42 Å². The predicted octanol–water partition coefficient (Wildman–Crippen LogP) is 2.79. The van der Waals surface area contributed by atoms with Gasteiger partial charge in [-0.1, -0.05) is 20.8 Å². The van der Waals surface area contributed by atoms with Gasteiger partial charge in [0.15, 0.2) is 0 Å². The van der Waals surface area contributed by atoms with Gasteiger partial charge in [0.2, 0.25) is 0 Å². The van der Waals surface area contributed by atoms with Crippen LogP contribution in [0.5, 0.6) is 0 Å². The number of carboxylic acids is 1. The summed E-state index contributed by atoms with van der Waals surface area (Å²) in [6, 6.07) is 3.71. The minimum absolute atomic E-state index is 0.274. The lowest BCUT2D eigenvalue weighted by Gasteiger charge is -2.22. The maximum atomic E-state index is 10.9. The van der Waals surface area contributed by atoms with Crippen LogP contribution in [0.3, 0.4) is 0 Å². The highest BCUT2D eigenvalue weighted by molar-refractivity contribution is 5.85. The molecule has 1 N–H and O–H groups in total. The molecule has 78 valence electrons. The molecule has 1 rings (SSSR count). The molecule has 1 aromatic rings. The van der Waals surface area contributed by atoms with Crippen molar-refractivity contribution in [1.29, 1.82) is 0 Å². The summed E-state index contributed by atoms with van der Waals surface area (Å²) in [7, 11) is 0. The highest BCUT2D eigenvalue weighted by Gasteiger charge is 2.18. The van der Waals surface area contributed by atoms with Gasteiger partial charge in [0.1, 0.15) is 5.69 Å². The van der Waals surface area contributed by atoms with Gasteiger partial charge in [-0.3, -0.25) is 0 Å². The van der Waals surface area contributed by atoms with Crippen LogP contribution >= 0.6 is 0 Å². The standard InChI is InChI=1S/C11H17NO2/c1-4-9(8(2)3)12-7-5-6-10(12)11(13)14/h5-9H,4H2,1-3H3,(H,13,14). The summed E-state index contributed by atoms with van der Waals surface area (Å²) < 4.78 is 1.85. The second kappa shape index (κ2) is 4.31. The Labute approximate surface area is 84.4 Å². The van der Waals surface area contributed by atoms with Crippen molar-refractivity contribution >= 4 is 5.97 Å². The Balaban J connectivity index is 3.03. The van der Waals surface area contributed by atoms with E-state index in [1.807, 2.05) is 10.8 Å². The molecule has 3 nitrogen and oxygen atoms in total. The van der Waals surface area contributed by atoms with Crippen LogP contribution in [0.1, 0.15) is 43.7 Å². The van der Waals surface area contributed by atoms with Gasteiger partial charge in [0.05, 0.1) is 0 Å². The molecule has 1 aromatic heterocycles. The summed E-state index contributed by atoms with van der Waals surface area (Å²) in [5.41, 5.74) is 0.380. The molecule has 0 aromatic carbocycles.